The molecule has 10 aromatic rings. The summed E-state index contributed by atoms with van der Waals surface area (Å²) in [5, 5.41) is 4.75. The molecule has 1 aromatic heterocycles. The molecule has 9 aromatic carbocycles. The summed E-state index contributed by atoms with van der Waals surface area (Å²) in [6.07, 6.45) is 0. The van der Waals surface area contributed by atoms with E-state index >= 15 is 0 Å². The largest absolute Gasteiger partial charge is 0.456 e. The molecule has 1 aliphatic carbocycles. The molecule has 0 atom stereocenters. The van der Waals surface area contributed by atoms with Crippen LogP contribution in [0.15, 0.2) is 205 Å². The molecule has 0 unspecified atom stereocenters. The van der Waals surface area contributed by atoms with Crippen molar-refractivity contribution in [2.45, 2.75) is 19.3 Å². The lowest BCUT2D eigenvalue weighted by atomic mass is 9.82. The second kappa shape index (κ2) is 13.0. The number of hydrogen-bond donors (Lipinski definition) is 0. The van der Waals surface area contributed by atoms with Crippen LogP contribution in [0.4, 0.5) is 17.1 Å². The normalized spacial score (nSPS) is 12.9. The molecular formula is C55H39NO. The molecule has 0 saturated heterocycles. The van der Waals surface area contributed by atoms with Crippen LogP contribution in [0.5, 0.6) is 0 Å². The van der Waals surface area contributed by atoms with Gasteiger partial charge < -0.3 is 9.32 Å². The molecule has 11 rings (SSSR count). The van der Waals surface area contributed by atoms with Crippen LogP contribution in [0.1, 0.15) is 25.0 Å². The number of hydrogen-bond acceptors (Lipinski definition) is 2. The van der Waals surface area contributed by atoms with Gasteiger partial charge in [-0.25, -0.2) is 0 Å². The van der Waals surface area contributed by atoms with E-state index in [4.69, 9.17) is 4.42 Å². The minimum atomic E-state index is -0.140. The van der Waals surface area contributed by atoms with Crippen molar-refractivity contribution in [1.82, 2.24) is 0 Å². The number of nitrogens with zero attached hydrogens (tertiary/aromatic N) is 1. The first-order valence-electron chi connectivity index (χ1n) is 19.8. The molecule has 0 bridgehead atoms. The minimum Gasteiger partial charge on any atom is -0.456 e. The van der Waals surface area contributed by atoms with Gasteiger partial charge in [0.25, 0.3) is 0 Å². The fourth-order valence-corrected chi connectivity index (χ4v) is 9.19. The van der Waals surface area contributed by atoms with E-state index in [0.717, 1.165) is 50.1 Å². The number of para-hydroxylation sites is 1. The fourth-order valence-electron chi connectivity index (χ4n) is 9.19. The van der Waals surface area contributed by atoms with Gasteiger partial charge in [-0.15, -0.1) is 0 Å². The molecule has 0 fully saturated rings. The highest BCUT2D eigenvalue weighted by Crippen LogP contribution is 2.52. The van der Waals surface area contributed by atoms with Gasteiger partial charge in [0, 0.05) is 33.1 Å². The van der Waals surface area contributed by atoms with Gasteiger partial charge in [-0.05, 0) is 109 Å². The molecule has 0 N–H and O–H groups in total. The Labute approximate surface area is 332 Å². The minimum absolute atomic E-state index is 0.140. The molecule has 1 heterocycles. The average Bonchev–Trinajstić information content (AvgIpc) is 3.76. The second-order valence-electron chi connectivity index (χ2n) is 15.7. The third kappa shape index (κ3) is 5.40. The van der Waals surface area contributed by atoms with Crippen LogP contribution in [0.3, 0.4) is 0 Å². The zero-order valence-corrected chi connectivity index (χ0v) is 31.9. The quantitative estimate of drug-likeness (QED) is 0.169. The van der Waals surface area contributed by atoms with Crippen LogP contribution in [0.25, 0.3) is 77.2 Å². The van der Waals surface area contributed by atoms with Crippen molar-refractivity contribution < 1.29 is 4.42 Å². The number of rotatable bonds is 6. The summed E-state index contributed by atoms with van der Waals surface area (Å²) >= 11 is 0. The van der Waals surface area contributed by atoms with Crippen molar-refractivity contribution >= 4 is 49.8 Å². The van der Waals surface area contributed by atoms with Gasteiger partial charge >= 0.3 is 0 Å². The summed E-state index contributed by atoms with van der Waals surface area (Å²) in [7, 11) is 0. The number of fused-ring (bicyclic) bond motifs is 7. The van der Waals surface area contributed by atoms with Crippen molar-refractivity contribution in [2.75, 3.05) is 4.90 Å². The Morgan fingerprint density at radius 3 is 1.88 bits per heavy atom. The summed E-state index contributed by atoms with van der Waals surface area (Å²) < 4.78 is 6.29. The lowest BCUT2D eigenvalue weighted by molar-refractivity contribution is 0.660. The fraction of sp³-hybridized carbons (Fsp3) is 0.0545. The highest BCUT2D eigenvalue weighted by molar-refractivity contribution is 6.12. The van der Waals surface area contributed by atoms with E-state index in [-0.39, 0.29) is 5.41 Å². The SMILES string of the molecule is CC1(C)c2ccccc2-c2ccc(N(c3ccc(-c4cccc5oc6ccccc6c45)cc3)c3cc(-c4ccc5ccccc5c4)ccc3-c3ccccc3)cc21. The maximum atomic E-state index is 6.29. The van der Waals surface area contributed by atoms with Crippen LogP contribution in [0, 0.1) is 0 Å². The van der Waals surface area contributed by atoms with Crippen molar-refractivity contribution in [3.05, 3.63) is 211 Å². The van der Waals surface area contributed by atoms with Crippen LogP contribution in [0.2, 0.25) is 0 Å². The zero-order chi connectivity index (χ0) is 38.1. The first-order valence-corrected chi connectivity index (χ1v) is 19.8. The summed E-state index contributed by atoms with van der Waals surface area (Å²) in [5.74, 6) is 0. The van der Waals surface area contributed by atoms with Gasteiger partial charge in [0.2, 0.25) is 0 Å². The summed E-state index contributed by atoms with van der Waals surface area (Å²) in [6, 6.07) is 72.8. The Kier molecular flexibility index (Phi) is 7.55. The van der Waals surface area contributed by atoms with E-state index in [1.807, 2.05) is 12.1 Å². The number of benzene rings is 9. The predicted molar refractivity (Wildman–Crippen MR) is 240 cm³/mol. The van der Waals surface area contributed by atoms with Crippen LogP contribution < -0.4 is 4.90 Å². The molecule has 0 saturated carbocycles. The zero-order valence-electron chi connectivity index (χ0n) is 31.9. The third-order valence-electron chi connectivity index (χ3n) is 12.1. The van der Waals surface area contributed by atoms with Gasteiger partial charge in [-0.1, -0.05) is 166 Å². The van der Waals surface area contributed by atoms with Gasteiger partial charge in [-0.2, -0.15) is 0 Å². The highest BCUT2D eigenvalue weighted by Gasteiger charge is 2.36. The van der Waals surface area contributed by atoms with Gasteiger partial charge in [0.15, 0.2) is 0 Å². The van der Waals surface area contributed by atoms with E-state index in [0.29, 0.717) is 0 Å². The Balaban J connectivity index is 1.13. The van der Waals surface area contributed by atoms with Crippen LogP contribution in [-0.4, -0.2) is 0 Å². The number of furan rings is 1. The van der Waals surface area contributed by atoms with Gasteiger partial charge in [0.1, 0.15) is 11.2 Å². The molecule has 0 amide bonds. The molecular weight excluding hydrogens is 691 g/mol. The van der Waals surface area contributed by atoms with E-state index in [2.05, 4.69) is 207 Å². The molecule has 1 aliphatic rings. The maximum absolute atomic E-state index is 6.29. The number of anilines is 3. The highest BCUT2D eigenvalue weighted by atomic mass is 16.3. The molecule has 2 heteroatoms. The van der Waals surface area contributed by atoms with Crippen molar-refractivity contribution in [3.8, 4) is 44.5 Å². The third-order valence-corrected chi connectivity index (χ3v) is 12.1. The molecule has 0 aliphatic heterocycles. The monoisotopic (exact) mass is 729 g/mol. The maximum Gasteiger partial charge on any atom is 0.136 e. The lowest BCUT2D eigenvalue weighted by Crippen LogP contribution is -2.17. The molecule has 0 spiro atoms. The molecule has 0 radical (unpaired) electrons. The summed E-state index contributed by atoms with van der Waals surface area (Å²) in [5.41, 5.74) is 17.4. The second-order valence-corrected chi connectivity index (χ2v) is 15.7. The summed E-state index contributed by atoms with van der Waals surface area (Å²) in [6.45, 7) is 4.72. The van der Waals surface area contributed by atoms with Crippen molar-refractivity contribution in [1.29, 1.82) is 0 Å². The van der Waals surface area contributed by atoms with Crippen molar-refractivity contribution in [2.24, 2.45) is 0 Å². The van der Waals surface area contributed by atoms with E-state index in [1.165, 1.54) is 55.3 Å². The Bertz CT molecular complexity index is 3150. The lowest BCUT2D eigenvalue weighted by Gasteiger charge is -2.30. The smallest absolute Gasteiger partial charge is 0.136 e. The van der Waals surface area contributed by atoms with E-state index in [1.54, 1.807) is 0 Å². The predicted octanol–water partition coefficient (Wildman–Crippen LogP) is 15.5. The van der Waals surface area contributed by atoms with Gasteiger partial charge in [-0.3, -0.25) is 0 Å². The van der Waals surface area contributed by atoms with Crippen molar-refractivity contribution in [3.63, 3.8) is 0 Å². The topological polar surface area (TPSA) is 16.4 Å². The summed E-state index contributed by atoms with van der Waals surface area (Å²) in [4.78, 5) is 2.46. The van der Waals surface area contributed by atoms with Crippen LogP contribution >= 0.6 is 0 Å². The first-order chi connectivity index (χ1) is 28.0. The standard InChI is InChI=1S/C55H39NO/c1-55(2)49-20-10-8-17-46(49)47-32-30-43(35-50(47)55)56(42-28-25-38(26-29-42)45-19-12-22-53-54(45)48-18-9-11-21-52(48)57-53)51-34-41(27-31-44(51)37-14-4-3-5-15-37)40-24-23-36-13-6-7-16-39(36)33-40/h3-35H,1-2H3. The Hall–Kier alpha value is -7.16. The Morgan fingerprint density at radius 2 is 1.00 bits per heavy atom. The molecule has 2 nitrogen and oxygen atoms in total. The molecule has 270 valence electrons. The first kappa shape index (κ1) is 33.2. The van der Waals surface area contributed by atoms with E-state index < -0.39 is 0 Å². The van der Waals surface area contributed by atoms with Crippen LogP contribution in [-0.2, 0) is 5.41 Å². The average molecular weight is 730 g/mol. The van der Waals surface area contributed by atoms with Gasteiger partial charge in [0.05, 0.1) is 5.69 Å². The van der Waals surface area contributed by atoms with E-state index in [9.17, 15) is 0 Å². The molecule has 57 heavy (non-hydrogen) atoms. The Morgan fingerprint density at radius 1 is 0.386 bits per heavy atom.